The van der Waals surface area contributed by atoms with Crippen LogP contribution in [-0.2, 0) is 17.8 Å². The Labute approximate surface area is 154 Å². The van der Waals surface area contributed by atoms with E-state index in [0.717, 1.165) is 25.8 Å². The van der Waals surface area contributed by atoms with Crippen LogP contribution in [0.2, 0.25) is 0 Å². The van der Waals surface area contributed by atoms with Crippen LogP contribution >= 0.6 is 0 Å². The highest BCUT2D eigenvalue weighted by Gasteiger charge is 2.18. The van der Waals surface area contributed by atoms with Crippen LogP contribution in [0.3, 0.4) is 0 Å². The number of aliphatic hydroxyl groups is 1. The Kier molecular flexibility index (Phi) is 6.77. The van der Waals surface area contributed by atoms with Gasteiger partial charge in [-0.2, -0.15) is 0 Å². The largest absolute Gasteiger partial charge is 0.482 e. The van der Waals surface area contributed by atoms with Gasteiger partial charge in [0.1, 0.15) is 5.75 Å². The van der Waals surface area contributed by atoms with Crippen LogP contribution in [0.15, 0.2) is 54.6 Å². The number of nitrogens with zero attached hydrogens (tertiary/aromatic N) is 1. The molecule has 2 unspecified atom stereocenters. The molecule has 1 aliphatic rings. The highest BCUT2D eigenvalue weighted by molar-refractivity contribution is 5.57. The van der Waals surface area contributed by atoms with Gasteiger partial charge in [0.15, 0.2) is 12.4 Å². The molecule has 0 amide bonds. The van der Waals surface area contributed by atoms with E-state index >= 15 is 0 Å². The third kappa shape index (κ3) is 5.39. The summed E-state index contributed by atoms with van der Waals surface area (Å²) < 4.78 is 5.61. The zero-order chi connectivity index (χ0) is 18.2. The Bertz CT molecular complexity index is 693. The maximum Gasteiger partial charge on any atom is 0.166 e. The van der Waals surface area contributed by atoms with Crippen molar-refractivity contribution >= 4 is 6.29 Å². The number of hydrogen-bond donors (Lipinski definition) is 2. The van der Waals surface area contributed by atoms with Gasteiger partial charge in [-0.05, 0) is 29.7 Å². The lowest BCUT2D eigenvalue weighted by Gasteiger charge is -2.30. The molecule has 5 heteroatoms. The number of rotatable bonds is 9. The lowest BCUT2D eigenvalue weighted by Crippen LogP contribution is -2.43. The first kappa shape index (κ1) is 18.6. The van der Waals surface area contributed by atoms with Gasteiger partial charge in [-0.25, -0.2) is 0 Å². The van der Waals surface area contributed by atoms with E-state index in [0.29, 0.717) is 25.4 Å². The van der Waals surface area contributed by atoms with Crippen LogP contribution in [0.4, 0.5) is 0 Å². The molecule has 0 aromatic heterocycles. The average molecular weight is 354 g/mol. The summed E-state index contributed by atoms with van der Waals surface area (Å²) in [5.74, 6) is 0.666. The molecule has 2 aromatic rings. The Morgan fingerprint density at radius 2 is 1.81 bits per heavy atom. The Balaban J connectivity index is 1.38. The minimum absolute atomic E-state index is 0.373. The normalized spacial score (nSPS) is 16.5. The fourth-order valence-corrected chi connectivity index (χ4v) is 3.26. The molecule has 0 fully saturated rings. The number of nitrogens with one attached hydrogen (secondary N) is 1. The summed E-state index contributed by atoms with van der Waals surface area (Å²) >= 11 is 0. The number of para-hydroxylation sites is 1. The second kappa shape index (κ2) is 9.48. The molecule has 138 valence electrons. The van der Waals surface area contributed by atoms with Crippen molar-refractivity contribution in [3.63, 3.8) is 0 Å². The highest BCUT2D eigenvalue weighted by atomic mass is 16.5. The van der Waals surface area contributed by atoms with E-state index in [1.807, 2.05) is 30.3 Å². The SMILES string of the molecule is O=CC(CNCC(O)CN1CCc2ccccc2C1)Oc1ccccc1. The van der Waals surface area contributed by atoms with Crippen molar-refractivity contribution in [2.75, 3.05) is 26.2 Å². The summed E-state index contributed by atoms with van der Waals surface area (Å²) in [7, 11) is 0. The topological polar surface area (TPSA) is 61.8 Å². The lowest BCUT2D eigenvalue weighted by molar-refractivity contribution is -0.113. The maximum atomic E-state index is 11.2. The maximum absolute atomic E-state index is 11.2. The second-order valence-corrected chi connectivity index (χ2v) is 6.67. The van der Waals surface area contributed by atoms with Gasteiger partial charge in [0, 0.05) is 32.7 Å². The van der Waals surface area contributed by atoms with Gasteiger partial charge < -0.3 is 15.2 Å². The first-order valence-corrected chi connectivity index (χ1v) is 9.09. The second-order valence-electron chi connectivity index (χ2n) is 6.67. The number of carbonyl (C=O) groups excluding carboxylic acids is 1. The summed E-state index contributed by atoms with van der Waals surface area (Å²) in [6.45, 7) is 3.26. The van der Waals surface area contributed by atoms with Gasteiger partial charge in [0.2, 0.25) is 0 Å². The number of aldehydes is 1. The number of benzene rings is 2. The summed E-state index contributed by atoms with van der Waals surface area (Å²) in [5, 5.41) is 13.4. The van der Waals surface area contributed by atoms with Gasteiger partial charge in [0.05, 0.1) is 6.10 Å². The molecule has 0 radical (unpaired) electrons. The molecule has 26 heavy (non-hydrogen) atoms. The molecule has 0 aliphatic carbocycles. The average Bonchev–Trinajstić information content (AvgIpc) is 2.68. The molecule has 0 saturated carbocycles. The first-order chi connectivity index (χ1) is 12.7. The van der Waals surface area contributed by atoms with E-state index in [9.17, 15) is 9.90 Å². The van der Waals surface area contributed by atoms with Crippen molar-refractivity contribution in [2.24, 2.45) is 0 Å². The Morgan fingerprint density at radius 3 is 2.58 bits per heavy atom. The summed E-state index contributed by atoms with van der Waals surface area (Å²) in [5.41, 5.74) is 2.75. The molecule has 5 nitrogen and oxygen atoms in total. The van der Waals surface area contributed by atoms with E-state index in [1.54, 1.807) is 0 Å². The molecule has 0 spiro atoms. The van der Waals surface area contributed by atoms with Gasteiger partial charge in [-0.1, -0.05) is 42.5 Å². The van der Waals surface area contributed by atoms with E-state index in [4.69, 9.17) is 4.74 Å². The van der Waals surface area contributed by atoms with Crippen LogP contribution < -0.4 is 10.1 Å². The molecule has 3 rings (SSSR count). The smallest absolute Gasteiger partial charge is 0.166 e. The van der Waals surface area contributed by atoms with Crippen molar-refractivity contribution < 1.29 is 14.6 Å². The summed E-state index contributed by atoms with van der Waals surface area (Å²) in [6, 6.07) is 17.7. The van der Waals surface area contributed by atoms with E-state index in [2.05, 4.69) is 34.5 Å². The van der Waals surface area contributed by atoms with Crippen molar-refractivity contribution in [3.05, 3.63) is 65.7 Å². The molecule has 0 bridgehead atoms. The monoisotopic (exact) mass is 354 g/mol. The number of β-amino-alcohol motifs (C(OH)–C–C–N with tert-alkyl or cyclic N) is 1. The number of aliphatic hydroxyl groups excluding tert-OH is 1. The van der Waals surface area contributed by atoms with E-state index in [1.165, 1.54) is 11.1 Å². The molecule has 1 heterocycles. The predicted octanol–water partition coefficient (Wildman–Crippen LogP) is 1.64. The van der Waals surface area contributed by atoms with Gasteiger partial charge in [0.25, 0.3) is 0 Å². The third-order valence-electron chi connectivity index (χ3n) is 4.59. The summed E-state index contributed by atoms with van der Waals surface area (Å²) in [6.07, 6.45) is 0.762. The zero-order valence-electron chi connectivity index (χ0n) is 14.9. The minimum Gasteiger partial charge on any atom is -0.482 e. The standard InChI is InChI=1S/C21H26N2O3/c24-16-21(26-20-8-2-1-3-9-20)13-22-12-19(25)15-23-11-10-17-6-4-5-7-18(17)14-23/h1-9,16,19,21-22,25H,10-15H2. The Morgan fingerprint density at radius 1 is 1.08 bits per heavy atom. The van der Waals surface area contributed by atoms with Crippen LogP contribution in [0.25, 0.3) is 0 Å². The van der Waals surface area contributed by atoms with Crippen LogP contribution in [0.5, 0.6) is 5.75 Å². The van der Waals surface area contributed by atoms with Gasteiger partial charge >= 0.3 is 0 Å². The summed E-state index contributed by atoms with van der Waals surface area (Å²) in [4.78, 5) is 13.5. The van der Waals surface area contributed by atoms with Crippen LogP contribution in [0.1, 0.15) is 11.1 Å². The zero-order valence-corrected chi connectivity index (χ0v) is 14.9. The highest BCUT2D eigenvalue weighted by Crippen LogP contribution is 2.18. The van der Waals surface area contributed by atoms with Gasteiger partial charge in [-0.3, -0.25) is 9.69 Å². The predicted molar refractivity (Wildman–Crippen MR) is 101 cm³/mol. The molecular formula is C21H26N2O3. The van der Waals surface area contributed by atoms with Crippen LogP contribution in [0, 0.1) is 0 Å². The van der Waals surface area contributed by atoms with Crippen molar-refractivity contribution in [1.29, 1.82) is 0 Å². The third-order valence-corrected chi connectivity index (χ3v) is 4.59. The minimum atomic E-state index is -0.563. The van der Waals surface area contributed by atoms with Crippen molar-refractivity contribution in [3.8, 4) is 5.75 Å². The molecular weight excluding hydrogens is 328 g/mol. The number of hydrogen-bond acceptors (Lipinski definition) is 5. The molecule has 0 saturated heterocycles. The van der Waals surface area contributed by atoms with Gasteiger partial charge in [-0.15, -0.1) is 0 Å². The molecule has 2 atom stereocenters. The lowest BCUT2D eigenvalue weighted by atomic mass is 10.00. The quantitative estimate of drug-likeness (QED) is 0.671. The van der Waals surface area contributed by atoms with Crippen molar-refractivity contribution in [1.82, 2.24) is 10.2 Å². The van der Waals surface area contributed by atoms with E-state index in [-0.39, 0.29) is 0 Å². The van der Waals surface area contributed by atoms with Crippen LogP contribution in [-0.4, -0.2) is 54.7 Å². The molecule has 1 aliphatic heterocycles. The van der Waals surface area contributed by atoms with Crippen molar-refractivity contribution in [2.45, 2.75) is 25.2 Å². The van der Waals surface area contributed by atoms with E-state index < -0.39 is 12.2 Å². The fourth-order valence-electron chi connectivity index (χ4n) is 3.26. The fraction of sp³-hybridized carbons (Fsp3) is 0.381. The molecule has 2 aromatic carbocycles. The molecule has 2 N–H and O–H groups in total. The Hall–Kier alpha value is -2.21. The number of carbonyl (C=O) groups is 1. The number of fused-ring (bicyclic) bond motifs is 1. The first-order valence-electron chi connectivity index (χ1n) is 9.09. The number of ether oxygens (including phenoxy) is 1.